The average Bonchev–Trinajstić information content (AvgIpc) is 2.21. The van der Waals surface area contributed by atoms with Gasteiger partial charge in [0.2, 0.25) is 0 Å². The van der Waals surface area contributed by atoms with Crippen molar-refractivity contribution in [3.8, 4) is 0 Å². The SMILES string of the molecule is CCC1CCC(O)C(OCCOC)C1. The van der Waals surface area contributed by atoms with Gasteiger partial charge < -0.3 is 14.6 Å². The normalized spacial score (nSPS) is 33.2. The highest BCUT2D eigenvalue weighted by molar-refractivity contribution is 4.79. The van der Waals surface area contributed by atoms with Gasteiger partial charge in [0.1, 0.15) is 0 Å². The van der Waals surface area contributed by atoms with Crippen molar-refractivity contribution in [2.45, 2.75) is 44.8 Å². The number of rotatable bonds is 5. The first-order valence-electron chi connectivity index (χ1n) is 5.56. The summed E-state index contributed by atoms with van der Waals surface area (Å²) in [5, 5.41) is 9.72. The van der Waals surface area contributed by atoms with Crippen LogP contribution in [0.15, 0.2) is 0 Å². The maximum atomic E-state index is 9.72. The first kappa shape index (κ1) is 12.0. The molecule has 0 amide bonds. The summed E-state index contributed by atoms with van der Waals surface area (Å²) in [6.45, 7) is 3.41. The zero-order valence-electron chi connectivity index (χ0n) is 9.24. The van der Waals surface area contributed by atoms with Gasteiger partial charge in [-0.05, 0) is 25.2 Å². The highest BCUT2D eigenvalue weighted by Gasteiger charge is 2.28. The Balaban J connectivity index is 2.25. The van der Waals surface area contributed by atoms with Crippen molar-refractivity contribution in [1.29, 1.82) is 0 Å². The summed E-state index contributed by atoms with van der Waals surface area (Å²) < 4.78 is 10.5. The Morgan fingerprint density at radius 3 is 2.71 bits per heavy atom. The number of aliphatic hydroxyl groups is 1. The third-order valence-electron chi connectivity index (χ3n) is 3.06. The fraction of sp³-hybridized carbons (Fsp3) is 1.00. The molecule has 0 aromatic carbocycles. The summed E-state index contributed by atoms with van der Waals surface area (Å²) in [4.78, 5) is 0. The maximum Gasteiger partial charge on any atom is 0.0837 e. The molecule has 0 aromatic heterocycles. The van der Waals surface area contributed by atoms with Crippen LogP contribution in [-0.4, -0.2) is 37.6 Å². The van der Waals surface area contributed by atoms with Gasteiger partial charge in [0.15, 0.2) is 0 Å². The van der Waals surface area contributed by atoms with E-state index in [1.54, 1.807) is 7.11 Å². The Labute approximate surface area is 86.4 Å². The molecule has 1 fully saturated rings. The molecule has 3 heteroatoms. The van der Waals surface area contributed by atoms with Crippen LogP contribution < -0.4 is 0 Å². The van der Waals surface area contributed by atoms with E-state index in [1.807, 2.05) is 0 Å². The second-order valence-electron chi connectivity index (χ2n) is 4.06. The highest BCUT2D eigenvalue weighted by Crippen LogP contribution is 2.28. The summed E-state index contributed by atoms with van der Waals surface area (Å²) >= 11 is 0. The van der Waals surface area contributed by atoms with Crippen LogP contribution in [0.5, 0.6) is 0 Å². The number of methoxy groups -OCH3 is 1. The van der Waals surface area contributed by atoms with Crippen LogP contribution in [0.3, 0.4) is 0 Å². The van der Waals surface area contributed by atoms with Crippen LogP contribution in [-0.2, 0) is 9.47 Å². The van der Waals surface area contributed by atoms with Crippen LogP contribution in [0.2, 0.25) is 0 Å². The molecule has 0 heterocycles. The monoisotopic (exact) mass is 202 g/mol. The minimum Gasteiger partial charge on any atom is -0.390 e. The van der Waals surface area contributed by atoms with Gasteiger partial charge in [-0.15, -0.1) is 0 Å². The van der Waals surface area contributed by atoms with Gasteiger partial charge in [0.05, 0.1) is 25.4 Å². The minimum absolute atomic E-state index is 0.0313. The van der Waals surface area contributed by atoms with Crippen LogP contribution in [0.1, 0.15) is 32.6 Å². The molecule has 0 bridgehead atoms. The largest absolute Gasteiger partial charge is 0.390 e. The van der Waals surface area contributed by atoms with Gasteiger partial charge in [-0.1, -0.05) is 13.3 Å². The quantitative estimate of drug-likeness (QED) is 0.688. The number of hydrogen-bond donors (Lipinski definition) is 1. The highest BCUT2D eigenvalue weighted by atomic mass is 16.5. The zero-order valence-corrected chi connectivity index (χ0v) is 9.24. The molecule has 3 nitrogen and oxygen atoms in total. The van der Waals surface area contributed by atoms with Gasteiger partial charge >= 0.3 is 0 Å². The van der Waals surface area contributed by atoms with E-state index < -0.39 is 0 Å². The first-order chi connectivity index (χ1) is 6.77. The summed E-state index contributed by atoms with van der Waals surface area (Å²) in [6.07, 6.45) is 3.98. The van der Waals surface area contributed by atoms with Gasteiger partial charge in [0, 0.05) is 7.11 Å². The Morgan fingerprint density at radius 1 is 1.29 bits per heavy atom. The lowest BCUT2D eigenvalue weighted by Gasteiger charge is -2.32. The van der Waals surface area contributed by atoms with Crippen LogP contribution in [0, 0.1) is 5.92 Å². The molecule has 0 aliphatic heterocycles. The molecule has 0 saturated heterocycles. The molecule has 0 spiro atoms. The van der Waals surface area contributed by atoms with Crippen molar-refractivity contribution in [3.63, 3.8) is 0 Å². The summed E-state index contributed by atoms with van der Waals surface area (Å²) in [6, 6.07) is 0. The molecule has 1 aliphatic carbocycles. The molecule has 1 saturated carbocycles. The van der Waals surface area contributed by atoms with Crippen molar-refractivity contribution < 1.29 is 14.6 Å². The molecule has 1 aliphatic rings. The standard InChI is InChI=1S/C11H22O3/c1-3-9-4-5-10(12)11(8-9)14-7-6-13-2/h9-12H,3-8H2,1-2H3. The van der Waals surface area contributed by atoms with Crippen LogP contribution in [0.4, 0.5) is 0 Å². The molecule has 1 rings (SSSR count). The summed E-state index contributed by atoms with van der Waals surface area (Å²) in [7, 11) is 1.66. The lowest BCUT2D eigenvalue weighted by atomic mass is 9.84. The van der Waals surface area contributed by atoms with E-state index >= 15 is 0 Å². The van der Waals surface area contributed by atoms with Gasteiger partial charge in [-0.25, -0.2) is 0 Å². The first-order valence-corrected chi connectivity index (χ1v) is 5.56. The Hall–Kier alpha value is -0.120. The van der Waals surface area contributed by atoms with Gasteiger partial charge in [0.25, 0.3) is 0 Å². The third-order valence-corrected chi connectivity index (χ3v) is 3.06. The number of aliphatic hydroxyl groups excluding tert-OH is 1. The fourth-order valence-electron chi connectivity index (χ4n) is 2.03. The van der Waals surface area contributed by atoms with Gasteiger partial charge in [-0.3, -0.25) is 0 Å². The summed E-state index contributed by atoms with van der Waals surface area (Å²) in [5.41, 5.74) is 0. The predicted octanol–water partition coefficient (Wildman–Crippen LogP) is 1.59. The molecule has 84 valence electrons. The molecular formula is C11H22O3. The average molecular weight is 202 g/mol. The van der Waals surface area contributed by atoms with Crippen LogP contribution >= 0.6 is 0 Å². The van der Waals surface area contributed by atoms with Crippen molar-refractivity contribution in [1.82, 2.24) is 0 Å². The van der Waals surface area contributed by atoms with E-state index in [9.17, 15) is 5.11 Å². The maximum absolute atomic E-state index is 9.72. The van der Waals surface area contributed by atoms with E-state index in [4.69, 9.17) is 9.47 Å². The number of hydrogen-bond acceptors (Lipinski definition) is 3. The lowest BCUT2D eigenvalue weighted by Crippen LogP contribution is -2.36. The molecule has 0 radical (unpaired) electrons. The van der Waals surface area contributed by atoms with E-state index in [0.717, 1.165) is 25.2 Å². The van der Waals surface area contributed by atoms with E-state index in [2.05, 4.69) is 6.92 Å². The van der Waals surface area contributed by atoms with Gasteiger partial charge in [-0.2, -0.15) is 0 Å². The Morgan fingerprint density at radius 2 is 2.07 bits per heavy atom. The molecule has 1 N–H and O–H groups in total. The smallest absolute Gasteiger partial charge is 0.0837 e. The molecule has 14 heavy (non-hydrogen) atoms. The number of ether oxygens (including phenoxy) is 2. The van der Waals surface area contributed by atoms with Crippen molar-refractivity contribution in [3.05, 3.63) is 0 Å². The molecular weight excluding hydrogens is 180 g/mol. The molecule has 3 unspecified atom stereocenters. The second kappa shape index (κ2) is 6.38. The predicted molar refractivity (Wildman–Crippen MR) is 55.3 cm³/mol. The topological polar surface area (TPSA) is 38.7 Å². The molecule has 3 atom stereocenters. The third kappa shape index (κ3) is 3.56. The molecule has 0 aromatic rings. The van der Waals surface area contributed by atoms with Crippen molar-refractivity contribution in [2.75, 3.05) is 20.3 Å². The second-order valence-corrected chi connectivity index (χ2v) is 4.06. The fourth-order valence-corrected chi connectivity index (χ4v) is 2.03. The lowest BCUT2D eigenvalue weighted by molar-refractivity contribution is -0.0815. The van der Waals surface area contributed by atoms with Crippen molar-refractivity contribution >= 4 is 0 Å². The van der Waals surface area contributed by atoms with E-state index in [1.165, 1.54) is 6.42 Å². The van der Waals surface area contributed by atoms with E-state index in [0.29, 0.717) is 13.2 Å². The minimum atomic E-state index is -0.269. The Bertz CT molecular complexity index is 149. The zero-order chi connectivity index (χ0) is 10.4. The van der Waals surface area contributed by atoms with Crippen molar-refractivity contribution in [2.24, 2.45) is 5.92 Å². The summed E-state index contributed by atoms with van der Waals surface area (Å²) in [5.74, 6) is 0.728. The van der Waals surface area contributed by atoms with Crippen LogP contribution in [0.25, 0.3) is 0 Å². The van der Waals surface area contributed by atoms with E-state index in [-0.39, 0.29) is 12.2 Å². The Kier molecular flexibility index (Phi) is 5.45.